The molecule has 7 heteroatoms. The van der Waals surface area contributed by atoms with E-state index in [2.05, 4.69) is 57.2 Å². The number of benzene rings is 2. The third kappa shape index (κ3) is 8.27. The van der Waals surface area contributed by atoms with Crippen LogP contribution in [0.5, 0.6) is 0 Å². The van der Waals surface area contributed by atoms with Crippen LogP contribution in [0.3, 0.4) is 0 Å². The van der Waals surface area contributed by atoms with Gasteiger partial charge < -0.3 is 18.9 Å². The van der Waals surface area contributed by atoms with Gasteiger partial charge in [0.15, 0.2) is 6.17 Å². The summed E-state index contributed by atoms with van der Waals surface area (Å²) in [6, 6.07) is 16.6. The van der Waals surface area contributed by atoms with Crippen molar-refractivity contribution in [1.29, 1.82) is 0 Å². The number of ether oxygens (including phenoxy) is 4. The SMILES string of the molecule is CCCCOCC1OC(c2ccc(Cl)c(Cc3cc4ccccc4s3)c2)C(OCCCC)C(OCCCC)C1F. The maximum absolute atomic E-state index is 16.0. The third-order valence-corrected chi connectivity index (χ3v) is 8.88. The third-order valence-electron chi connectivity index (χ3n) is 7.39. The van der Waals surface area contributed by atoms with Gasteiger partial charge in [-0.2, -0.15) is 0 Å². The topological polar surface area (TPSA) is 36.9 Å². The van der Waals surface area contributed by atoms with Crippen molar-refractivity contribution >= 4 is 33.0 Å². The number of hydrogen-bond acceptors (Lipinski definition) is 5. The first-order valence-corrected chi connectivity index (χ1v) is 16.1. The van der Waals surface area contributed by atoms with E-state index in [-0.39, 0.29) is 6.61 Å². The summed E-state index contributed by atoms with van der Waals surface area (Å²) in [5.41, 5.74) is 1.94. The van der Waals surface area contributed by atoms with Crippen LogP contribution in [0.1, 0.15) is 81.4 Å². The van der Waals surface area contributed by atoms with E-state index in [9.17, 15) is 0 Å². The van der Waals surface area contributed by atoms with Crippen LogP contribution in [0.25, 0.3) is 10.1 Å². The molecule has 1 fully saturated rings. The van der Waals surface area contributed by atoms with Gasteiger partial charge in [-0.05, 0) is 54.0 Å². The summed E-state index contributed by atoms with van der Waals surface area (Å²) in [7, 11) is 0. The lowest BCUT2D eigenvalue weighted by Gasteiger charge is -2.44. The fraction of sp³-hybridized carbons (Fsp3) is 0.576. The zero-order chi connectivity index (χ0) is 28.3. The van der Waals surface area contributed by atoms with E-state index >= 15 is 4.39 Å². The molecule has 0 bridgehead atoms. The number of halogens is 2. The van der Waals surface area contributed by atoms with Gasteiger partial charge in [-0.15, -0.1) is 11.3 Å². The number of thiophene rings is 1. The van der Waals surface area contributed by atoms with Crippen LogP contribution in [-0.2, 0) is 25.4 Å². The van der Waals surface area contributed by atoms with Crippen LogP contribution in [0.4, 0.5) is 4.39 Å². The Labute approximate surface area is 248 Å². The van der Waals surface area contributed by atoms with Crippen LogP contribution in [-0.4, -0.2) is 50.9 Å². The highest BCUT2D eigenvalue weighted by atomic mass is 35.5. The van der Waals surface area contributed by atoms with Crippen LogP contribution in [0, 0.1) is 0 Å². The first kappa shape index (κ1) is 31.4. The molecule has 3 aromatic rings. The molecule has 5 atom stereocenters. The molecule has 0 N–H and O–H groups in total. The van der Waals surface area contributed by atoms with E-state index in [1.165, 1.54) is 15.0 Å². The van der Waals surface area contributed by atoms with E-state index in [1.54, 1.807) is 11.3 Å². The summed E-state index contributed by atoms with van der Waals surface area (Å²) in [4.78, 5) is 1.24. The van der Waals surface area contributed by atoms with Gasteiger partial charge in [0.05, 0.1) is 6.61 Å². The lowest BCUT2D eigenvalue weighted by molar-refractivity contribution is -0.243. The average molecular weight is 591 g/mol. The Kier molecular flexibility index (Phi) is 12.7. The predicted octanol–water partition coefficient (Wildman–Crippen LogP) is 9.11. The van der Waals surface area contributed by atoms with Crippen LogP contribution in [0.2, 0.25) is 5.02 Å². The van der Waals surface area contributed by atoms with Gasteiger partial charge in [-0.25, -0.2) is 4.39 Å². The minimum absolute atomic E-state index is 0.190. The van der Waals surface area contributed by atoms with Crippen molar-refractivity contribution in [3.05, 3.63) is 69.6 Å². The second kappa shape index (κ2) is 16.2. The molecule has 220 valence electrons. The predicted molar refractivity (Wildman–Crippen MR) is 164 cm³/mol. The first-order chi connectivity index (χ1) is 19.5. The fourth-order valence-electron chi connectivity index (χ4n) is 5.07. The van der Waals surface area contributed by atoms with E-state index in [0.717, 1.165) is 49.7 Å². The summed E-state index contributed by atoms with van der Waals surface area (Å²) in [5, 5.41) is 1.95. The van der Waals surface area contributed by atoms with E-state index in [1.807, 2.05) is 12.1 Å². The molecular weight excluding hydrogens is 547 g/mol. The second-order valence-electron chi connectivity index (χ2n) is 10.6. The maximum Gasteiger partial charge on any atom is 0.157 e. The smallest absolute Gasteiger partial charge is 0.157 e. The zero-order valence-corrected chi connectivity index (χ0v) is 25.7. The van der Waals surface area contributed by atoms with Gasteiger partial charge in [0.1, 0.15) is 24.4 Å². The van der Waals surface area contributed by atoms with Crippen LogP contribution < -0.4 is 0 Å². The summed E-state index contributed by atoms with van der Waals surface area (Å²) >= 11 is 8.49. The summed E-state index contributed by atoms with van der Waals surface area (Å²) in [5.74, 6) is 0. The zero-order valence-electron chi connectivity index (χ0n) is 24.1. The Bertz CT molecular complexity index is 1140. The highest BCUT2D eigenvalue weighted by Crippen LogP contribution is 2.39. The minimum atomic E-state index is -1.34. The molecule has 0 spiro atoms. The van der Waals surface area contributed by atoms with Crippen molar-refractivity contribution < 1.29 is 23.3 Å². The normalized spacial score (nSPS) is 23.2. The van der Waals surface area contributed by atoms with Gasteiger partial charge in [-0.3, -0.25) is 0 Å². The molecule has 2 aromatic carbocycles. The molecule has 1 aliphatic rings. The molecule has 1 aromatic heterocycles. The van der Waals surface area contributed by atoms with E-state index in [0.29, 0.717) is 31.3 Å². The van der Waals surface area contributed by atoms with E-state index in [4.69, 9.17) is 30.5 Å². The number of hydrogen-bond donors (Lipinski definition) is 0. The lowest BCUT2D eigenvalue weighted by Crippen LogP contribution is -2.56. The number of unbranched alkanes of at least 4 members (excludes halogenated alkanes) is 3. The average Bonchev–Trinajstić information content (AvgIpc) is 3.37. The molecular formula is C33H44ClFO4S. The summed E-state index contributed by atoms with van der Waals surface area (Å²) < 4.78 is 42.2. The molecule has 1 aliphatic heterocycles. The molecule has 0 aliphatic carbocycles. The molecule has 40 heavy (non-hydrogen) atoms. The molecule has 2 heterocycles. The van der Waals surface area contributed by atoms with Crippen molar-refractivity contribution in [3.63, 3.8) is 0 Å². The largest absolute Gasteiger partial charge is 0.379 e. The lowest BCUT2D eigenvalue weighted by atomic mass is 9.90. The van der Waals surface area contributed by atoms with Crippen molar-refractivity contribution in [2.75, 3.05) is 26.4 Å². The first-order valence-electron chi connectivity index (χ1n) is 14.9. The summed E-state index contributed by atoms with van der Waals surface area (Å²) in [6.07, 6.45) is 2.54. The Morgan fingerprint density at radius 2 is 1.57 bits per heavy atom. The number of rotatable bonds is 16. The van der Waals surface area contributed by atoms with E-state index < -0.39 is 30.6 Å². The fourth-order valence-corrected chi connectivity index (χ4v) is 6.34. The standard InChI is InChI=1S/C33H44ClFO4S/c1-4-7-16-36-22-28-30(35)32(37-17-8-5-2)33(38-18-9-6-3)31(39-28)24-14-15-27(34)25(19-24)21-26-20-23-12-10-11-13-29(23)40-26/h10-15,19-20,28,30-33H,4-9,16-18,21-22H2,1-3H3. The monoisotopic (exact) mass is 590 g/mol. The van der Waals surface area contributed by atoms with Crippen LogP contribution in [0.15, 0.2) is 48.5 Å². The molecule has 0 saturated carbocycles. The Morgan fingerprint density at radius 3 is 2.30 bits per heavy atom. The molecule has 4 nitrogen and oxygen atoms in total. The van der Waals surface area contributed by atoms with Gasteiger partial charge in [0.2, 0.25) is 0 Å². The molecule has 5 unspecified atom stereocenters. The highest BCUT2D eigenvalue weighted by molar-refractivity contribution is 7.19. The maximum atomic E-state index is 16.0. The van der Waals surface area contributed by atoms with Gasteiger partial charge in [0.25, 0.3) is 0 Å². The summed E-state index contributed by atoms with van der Waals surface area (Å²) in [6.45, 7) is 8.13. The van der Waals surface area contributed by atoms with Gasteiger partial charge >= 0.3 is 0 Å². The second-order valence-corrected chi connectivity index (χ2v) is 12.2. The van der Waals surface area contributed by atoms with Crippen molar-refractivity contribution in [1.82, 2.24) is 0 Å². The quantitative estimate of drug-likeness (QED) is 0.156. The van der Waals surface area contributed by atoms with Gasteiger partial charge in [0, 0.05) is 40.8 Å². The van der Waals surface area contributed by atoms with Crippen molar-refractivity contribution in [3.8, 4) is 0 Å². The number of alkyl halides is 1. The Hall–Kier alpha value is -1.54. The number of fused-ring (bicyclic) bond motifs is 1. The molecule has 0 amide bonds. The van der Waals surface area contributed by atoms with Crippen LogP contribution >= 0.6 is 22.9 Å². The molecule has 0 radical (unpaired) electrons. The molecule has 1 saturated heterocycles. The van der Waals surface area contributed by atoms with Gasteiger partial charge in [-0.1, -0.05) is 82.0 Å². The Balaban J connectivity index is 1.62. The van der Waals surface area contributed by atoms with Crippen molar-refractivity contribution in [2.45, 2.75) is 96.3 Å². The minimum Gasteiger partial charge on any atom is -0.379 e. The Morgan fingerprint density at radius 1 is 0.875 bits per heavy atom. The van der Waals surface area contributed by atoms with Crippen molar-refractivity contribution in [2.24, 2.45) is 0 Å². The molecule has 4 rings (SSSR count). The highest BCUT2D eigenvalue weighted by Gasteiger charge is 2.48.